The number of hydrogen-bond acceptors (Lipinski definition) is 9. The van der Waals surface area contributed by atoms with Crippen LogP contribution in [0.15, 0.2) is 12.1 Å². The lowest BCUT2D eigenvalue weighted by atomic mass is 9.95. The summed E-state index contributed by atoms with van der Waals surface area (Å²) in [7, 11) is 1.64. The molecular formula is C28H30ClF5N6O3. The highest BCUT2D eigenvalue weighted by atomic mass is 35.5. The van der Waals surface area contributed by atoms with Crippen LogP contribution in [0.5, 0.6) is 11.9 Å². The quantitative estimate of drug-likeness (QED) is 0.298. The Morgan fingerprint density at radius 3 is 2.72 bits per heavy atom. The molecule has 5 heterocycles. The molecule has 2 saturated heterocycles. The zero-order valence-corrected chi connectivity index (χ0v) is 24.2. The number of aliphatic hydroxyl groups is 1. The summed E-state index contributed by atoms with van der Waals surface area (Å²) in [5, 5.41) is 9.53. The smallest absolute Gasteiger partial charge is 0.418 e. The van der Waals surface area contributed by atoms with Crippen molar-refractivity contribution >= 4 is 34.0 Å². The summed E-state index contributed by atoms with van der Waals surface area (Å²) in [5.74, 6) is -1.31. The van der Waals surface area contributed by atoms with E-state index in [4.69, 9.17) is 26.8 Å². The van der Waals surface area contributed by atoms with E-state index in [-0.39, 0.29) is 61.4 Å². The van der Waals surface area contributed by atoms with E-state index in [1.807, 2.05) is 4.90 Å². The highest BCUT2D eigenvalue weighted by Crippen LogP contribution is 2.47. The Balaban J connectivity index is 1.56. The molecule has 3 aromatic rings. The molecule has 3 aliphatic heterocycles. The first kappa shape index (κ1) is 29.8. The number of anilines is 2. The standard InChI is InChI=1S/C28H30ClF5N6O3/c1-26(12-41)5-7-42-24-18-22(20(31)21(36-24)16-8-15(35)9-17(29)19(16)28(32,33)34)37-25(38-23(18)39(26)2)43-13-27-4-3-6-40(27)11-14(30)10-27/h8-9,14,41H,3-7,10-13,35H2,1-2H3/t14-,26?,27+/m1/s1. The summed E-state index contributed by atoms with van der Waals surface area (Å²) in [4.78, 5) is 16.7. The fraction of sp³-hybridized carbons (Fsp3) is 0.536. The summed E-state index contributed by atoms with van der Waals surface area (Å²) in [6.45, 7) is 2.49. The number of benzene rings is 1. The summed E-state index contributed by atoms with van der Waals surface area (Å²) >= 11 is 5.96. The van der Waals surface area contributed by atoms with E-state index < -0.39 is 56.6 Å². The summed E-state index contributed by atoms with van der Waals surface area (Å²) in [6, 6.07) is 1.61. The molecular weight excluding hydrogens is 599 g/mol. The molecule has 2 aromatic heterocycles. The number of nitrogens with zero attached hydrogens (tertiary/aromatic N) is 5. The molecule has 0 spiro atoms. The van der Waals surface area contributed by atoms with Crippen LogP contribution in [0.25, 0.3) is 22.2 Å². The van der Waals surface area contributed by atoms with E-state index in [2.05, 4.69) is 15.0 Å². The molecule has 1 aromatic carbocycles. The van der Waals surface area contributed by atoms with E-state index in [1.165, 1.54) is 0 Å². The predicted octanol–water partition coefficient (Wildman–Crippen LogP) is 5.01. The summed E-state index contributed by atoms with van der Waals surface area (Å²) in [6.07, 6.45) is -3.87. The fourth-order valence-corrected chi connectivity index (χ4v) is 6.75. The Labute approximate surface area is 248 Å². The van der Waals surface area contributed by atoms with Crippen molar-refractivity contribution in [1.82, 2.24) is 19.9 Å². The maximum atomic E-state index is 16.5. The highest BCUT2D eigenvalue weighted by molar-refractivity contribution is 6.32. The number of pyridine rings is 1. The van der Waals surface area contributed by atoms with Crippen molar-refractivity contribution in [2.75, 3.05) is 50.6 Å². The molecule has 0 bridgehead atoms. The first-order valence-electron chi connectivity index (χ1n) is 13.8. The van der Waals surface area contributed by atoms with Crippen LogP contribution in [0.1, 0.15) is 38.2 Å². The van der Waals surface area contributed by atoms with Gasteiger partial charge in [-0.05, 0) is 38.4 Å². The molecule has 0 aliphatic carbocycles. The summed E-state index contributed by atoms with van der Waals surface area (Å²) < 4.78 is 85.2. The summed E-state index contributed by atoms with van der Waals surface area (Å²) in [5.41, 5.74) is 1.09. The molecule has 43 heavy (non-hydrogen) atoms. The number of nitrogens with two attached hydrogens (primary N) is 1. The molecule has 15 heteroatoms. The van der Waals surface area contributed by atoms with Gasteiger partial charge in [-0.3, -0.25) is 4.90 Å². The van der Waals surface area contributed by atoms with E-state index >= 15 is 4.39 Å². The van der Waals surface area contributed by atoms with Gasteiger partial charge >= 0.3 is 12.2 Å². The molecule has 232 valence electrons. The third-order valence-corrected chi connectivity index (χ3v) is 9.24. The largest absolute Gasteiger partial charge is 0.477 e. The second-order valence-corrected chi connectivity index (χ2v) is 12.1. The second-order valence-electron chi connectivity index (χ2n) is 11.7. The van der Waals surface area contributed by atoms with E-state index in [1.54, 1.807) is 18.9 Å². The molecule has 3 N–H and O–H groups in total. The third-order valence-electron chi connectivity index (χ3n) is 8.94. The van der Waals surface area contributed by atoms with Gasteiger partial charge in [0.2, 0.25) is 5.88 Å². The maximum absolute atomic E-state index is 16.5. The van der Waals surface area contributed by atoms with Crippen molar-refractivity contribution < 1.29 is 36.5 Å². The first-order valence-corrected chi connectivity index (χ1v) is 14.2. The minimum atomic E-state index is -4.97. The minimum Gasteiger partial charge on any atom is -0.477 e. The first-order chi connectivity index (χ1) is 20.3. The minimum absolute atomic E-state index is 0.00116. The van der Waals surface area contributed by atoms with Gasteiger partial charge in [-0.2, -0.15) is 23.1 Å². The monoisotopic (exact) mass is 628 g/mol. The van der Waals surface area contributed by atoms with Gasteiger partial charge in [0.15, 0.2) is 5.82 Å². The van der Waals surface area contributed by atoms with E-state index in [0.29, 0.717) is 13.0 Å². The van der Waals surface area contributed by atoms with Crippen molar-refractivity contribution in [3.05, 3.63) is 28.5 Å². The van der Waals surface area contributed by atoms with Crippen molar-refractivity contribution in [2.24, 2.45) is 0 Å². The van der Waals surface area contributed by atoms with Gasteiger partial charge in [0.05, 0.1) is 34.9 Å². The number of hydrogen-bond donors (Lipinski definition) is 2. The maximum Gasteiger partial charge on any atom is 0.418 e. The van der Waals surface area contributed by atoms with Crippen molar-refractivity contribution in [3.8, 4) is 23.1 Å². The van der Waals surface area contributed by atoms with Gasteiger partial charge in [0.25, 0.3) is 0 Å². The van der Waals surface area contributed by atoms with Gasteiger partial charge < -0.3 is 25.2 Å². The molecule has 9 nitrogen and oxygen atoms in total. The van der Waals surface area contributed by atoms with Crippen LogP contribution in [0.4, 0.5) is 33.5 Å². The average Bonchev–Trinajstić information content (AvgIpc) is 3.46. The zero-order chi connectivity index (χ0) is 30.9. The Bertz CT molecular complexity index is 1600. The van der Waals surface area contributed by atoms with Crippen LogP contribution >= 0.6 is 11.6 Å². The van der Waals surface area contributed by atoms with E-state index in [0.717, 1.165) is 25.1 Å². The molecule has 6 rings (SSSR count). The molecule has 1 unspecified atom stereocenters. The lowest BCUT2D eigenvalue weighted by molar-refractivity contribution is -0.137. The number of fused-ring (bicyclic) bond motifs is 1. The number of halogens is 6. The van der Waals surface area contributed by atoms with Gasteiger partial charge in [-0.1, -0.05) is 11.6 Å². The lowest BCUT2D eigenvalue weighted by Crippen LogP contribution is -2.49. The Morgan fingerprint density at radius 1 is 1.23 bits per heavy atom. The molecule has 3 atom stereocenters. The number of ether oxygens (including phenoxy) is 2. The number of rotatable bonds is 5. The van der Waals surface area contributed by atoms with Crippen LogP contribution in [-0.2, 0) is 6.18 Å². The van der Waals surface area contributed by atoms with Crippen LogP contribution in [0.3, 0.4) is 0 Å². The van der Waals surface area contributed by atoms with Crippen molar-refractivity contribution in [2.45, 2.75) is 56.0 Å². The fourth-order valence-electron chi connectivity index (χ4n) is 6.42. The Hall–Kier alpha value is -3.23. The number of aliphatic hydroxyl groups excluding tert-OH is 1. The van der Waals surface area contributed by atoms with Crippen LogP contribution in [0.2, 0.25) is 5.02 Å². The molecule has 0 amide bonds. The Kier molecular flexibility index (Phi) is 7.24. The van der Waals surface area contributed by atoms with Crippen molar-refractivity contribution in [3.63, 3.8) is 0 Å². The van der Waals surface area contributed by atoms with Gasteiger partial charge in [0, 0.05) is 37.7 Å². The van der Waals surface area contributed by atoms with Crippen molar-refractivity contribution in [1.29, 1.82) is 0 Å². The van der Waals surface area contributed by atoms with Crippen LogP contribution in [-0.4, -0.2) is 82.2 Å². The predicted molar refractivity (Wildman–Crippen MR) is 150 cm³/mol. The highest BCUT2D eigenvalue weighted by Gasteiger charge is 2.49. The normalized spacial score (nSPS) is 25.9. The zero-order valence-electron chi connectivity index (χ0n) is 23.4. The number of alkyl halides is 4. The third kappa shape index (κ3) is 4.96. The van der Waals surface area contributed by atoms with Gasteiger partial charge in [0.1, 0.15) is 35.2 Å². The molecule has 0 saturated carbocycles. The number of nitrogen functional groups attached to an aromatic ring is 1. The van der Waals surface area contributed by atoms with Crippen LogP contribution in [0, 0.1) is 5.82 Å². The Morgan fingerprint density at radius 2 is 2.00 bits per heavy atom. The van der Waals surface area contributed by atoms with E-state index in [9.17, 15) is 22.7 Å². The van der Waals surface area contributed by atoms with Crippen LogP contribution < -0.4 is 20.1 Å². The SMILES string of the molecule is CN1c2nc(OC[C@@]34CCCN3C[C@H](F)C4)nc3c(F)c(-c4cc(N)cc(Cl)c4C(F)(F)F)nc(c23)OCCC1(C)CO. The molecule has 3 aliphatic rings. The topological polar surface area (TPSA) is 110 Å². The van der Waals surface area contributed by atoms with Gasteiger partial charge in [-0.15, -0.1) is 0 Å². The molecule has 2 fully saturated rings. The second kappa shape index (κ2) is 10.4. The van der Waals surface area contributed by atoms with Gasteiger partial charge in [-0.25, -0.2) is 13.8 Å². The molecule has 0 radical (unpaired) electrons. The number of aromatic nitrogens is 3. The lowest BCUT2D eigenvalue weighted by Gasteiger charge is -2.40. The number of likely N-dealkylation sites (N-methyl/N-ethyl adjacent to an activating group) is 1. The average molecular weight is 629 g/mol.